The van der Waals surface area contributed by atoms with Crippen LogP contribution in [0.5, 0.6) is 5.75 Å². The second-order valence-corrected chi connectivity index (χ2v) is 11.5. The zero-order chi connectivity index (χ0) is 26.0. The molecule has 2 aromatic carbocycles. The van der Waals surface area contributed by atoms with E-state index in [1.807, 2.05) is 64.6 Å². The quantitative estimate of drug-likeness (QED) is 0.533. The molecule has 6 heteroatoms. The molecule has 0 radical (unpaired) electrons. The molecule has 0 saturated carbocycles. The molecule has 1 saturated heterocycles. The van der Waals surface area contributed by atoms with Crippen molar-refractivity contribution < 1.29 is 19.8 Å². The number of phenols is 1. The number of hydrogen-bond acceptors (Lipinski definition) is 4. The Morgan fingerprint density at radius 3 is 2.09 bits per heavy atom. The number of amidine groups is 1. The maximum atomic E-state index is 13.5. The maximum Gasteiger partial charge on any atom is 0.325 e. The maximum absolute atomic E-state index is 13.5. The van der Waals surface area contributed by atoms with E-state index in [9.17, 15) is 19.8 Å². The lowest BCUT2D eigenvalue weighted by molar-refractivity contribution is -0.135. The zero-order valence-corrected chi connectivity index (χ0v) is 21.8. The molecule has 3 rings (SSSR count). The highest BCUT2D eigenvalue weighted by atomic mass is 16.4. The van der Waals surface area contributed by atoms with Crippen molar-refractivity contribution in [3.8, 4) is 5.75 Å². The molecule has 1 aliphatic heterocycles. The summed E-state index contributed by atoms with van der Waals surface area (Å²) in [6, 6.07) is 13.7. The molecule has 2 aromatic rings. The number of hydrogen-bond donors (Lipinski definition) is 2. The Morgan fingerprint density at radius 1 is 1.00 bits per heavy atom. The van der Waals surface area contributed by atoms with Gasteiger partial charge < -0.3 is 15.1 Å². The summed E-state index contributed by atoms with van der Waals surface area (Å²) in [6.07, 6.45) is 1.57. The average molecular weight is 479 g/mol. The number of phenolic OH excluding ortho intramolecular Hbond substituents is 1. The van der Waals surface area contributed by atoms with Gasteiger partial charge in [-0.25, -0.2) is 0 Å². The lowest BCUT2D eigenvalue weighted by atomic mass is 9.78. The Labute approximate surface area is 208 Å². The Morgan fingerprint density at radius 2 is 1.57 bits per heavy atom. The summed E-state index contributed by atoms with van der Waals surface area (Å²) in [6.45, 7) is 12.6. The number of likely N-dealkylation sites (tertiary alicyclic amines) is 1. The molecule has 0 aromatic heterocycles. The highest BCUT2D eigenvalue weighted by Crippen LogP contribution is 2.40. The highest BCUT2D eigenvalue weighted by Gasteiger charge is 2.32. The van der Waals surface area contributed by atoms with Crippen molar-refractivity contribution in [1.29, 1.82) is 0 Å². The first kappa shape index (κ1) is 26.5. The summed E-state index contributed by atoms with van der Waals surface area (Å²) < 4.78 is 0. The predicted octanol–water partition coefficient (Wildman–Crippen LogP) is 5.22. The number of carbonyl (C=O) groups excluding carboxylic acids is 1. The van der Waals surface area contributed by atoms with Gasteiger partial charge in [0.2, 0.25) is 0 Å². The smallest absolute Gasteiger partial charge is 0.325 e. The monoisotopic (exact) mass is 478 g/mol. The number of benzene rings is 2. The average Bonchev–Trinajstić information content (AvgIpc) is 3.12. The number of aliphatic carboxylic acids is 1. The molecule has 1 atom stereocenters. The molecule has 0 aliphatic carbocycles. The van der Waals surface area contributed by atoms with E-state index in [4.69, 9.17) is 0 Å². The van der Waals surface area contributed by atoms with E-state index < -0.39 is 5.97 Å². The Kier molecular flexibility index (Phi) is 7.73. The van der Waals surface area contributed by atoms with Crippen LogP contribution in [0.1, 0.15) is 75.0 Å². The Bertz CT molecular complexity index is 1070. The lowest BCUT2D eigenvalue weighted by Gasteiger charge is -2.28. The Hall–Kier alpha value is -3.15. The standard InChI is InChI=1S/C29H38N2O4/c1-28(2,3)22-15-21(16-23(26(22)35)29(4,5)6)24(32)18-31-13-12-20(27(31)30-17-25(33)34)14-19-10-8-7-9-11-19/h7-11,15-16,20,35H,12-14,17-18H2,1-6H3,(H,33,34)/b30-27+/t20-/m0/s1. The molecule has 1 fully saturated rings. The largest absolute Gasteiger partial charge is 0.507 e. The first-order valence-corrected chi connectivity index (χ1v) is 12.2. The molecule has 2 N–H and O–H groups in total. The third kappa shape index (κ3) is 6.50. The second kappa shape index (κ2) is 10.2. The van der Waals surface area contributed by atoms with E-state index >= 15 is 0 Å². The fraction of sp³-hybridized carbons (Fsp3) is 0.483. The van der Waals surface area contributed by atoms with Crippen LogP contribution in [0.25, 0.3) is 0 Å². The molecule has 35 heavy (non-hydrogen) atoms. The lowest BCUT2D eigenvalue weighted by Crippen LogP contribution is -2.34. The van der Waals surface area contributed by atoms with Crippen LogP contribution in [0.3, 0.4) is 0 Å². The number of carboxylic acid groups (broad SMARTS) is 1. The summed E-state index contributed by atoms with van der Waals surface area (Å²) in [7, 11) is 0. The summed E-state index contributed by atoms with van der Waals surface area (Å²) in [5.74, 6) is -0.0498. The number of carboxylic acids is 1. The fourth-order valence-corrected chi connectivity index (χ4v) is 4.65. The number of nitrogens with zero attached hydrogens (tertiary/aromatic N) is 2. The highest BCUT2D eigenvalue weighted by molar-refractivity contribution is 6.01. The van der Waals surface area contributed by atoms with Gasteiger partial charge in [-0.3, -0.25) is 14.6 Å². The molecule has 0 unspecified atom stereocenters. The van der Waals surface area contributed by atoms with Crippen LogP contribution in [0, 0.1) is 5.92 Å². The van der Waals surface area contributed by atoms with Gasteiger partial charge in [0.1, 0.15) is 18.1 Å². The van der Waals surface area contributed by atoms with Gasteiger partial charge >= 0.3 is 5.97 Å². The molecule has 1 heterocycles. The van der Waals surface area contributed by atoms with Gasteiger partial charge in [0.25, 0.3) is 0 Å². The number of carbonyl (C=O) groups is 2. The minimum Gasteiger partial charge on any atom is -0.507 e. The zero-order valence-electron chi connectivity index (χ0n) is 21.8. The molecule has 0 bridgehead atoms. The third-order valence-corrected chi connectivity index (χ3v) is 6.52. The van der Waals surface area contributed by atoms with Gasteiger partial charge in [0.15, 0.2) is 5.78 Å². The van der Waals surface area contributed by atoms with Gasteiger partial charge in [-0.1, -0.05) is 71.9 Å². The van der Waals surface area contributed by atoms with Crippen molar-refractivity contribution in [2.45, 2.75) is 65.2 Å². The van der Waals surface area contributed by atoms with E-state index in [2.05, 4.69) is 17.1 Å². The molecule has 0 amide bonds. The van der Waals surface area contributed by atoms with Crippen LogP contribution in [0.15, 0.2) is 47.5 Å². The van der Waals surface area contributed by atoms with E-state index in [1.165, 1.54) is 0 Å². The van der Waals surface area contributed by atoms with Crippen molar-refractivity contribution in [2.75, 3.05) is 19.6 Å². The van der Waals surface area contributed by atoms with E-state index in [-0.39, 0.29) is 41.4 Å². The van der Waals surface area contributed by atoms with E-state index in [1.54, 1.807) is 12.1 Å². The first-order chi connectivity index (χ1) is 16.3. The number of ketones is 1. The summed E-state index contributed by atoms with van der Waals surface area (Å²) in [5.41, 5.74) is 2.55. The molecular weight excluding hydrogens is 440 g/mol. The topological polar surface area (TPSA) is 90.2 Å². The summed E-state index contributed by atoms with van der Waals surface area (Å²) in [4.78, 5) is 31.1. The summed E-state index contributed by atoms with van der Waals surface area (Å²) >= 11 is 0. The third-order valence-electron chi connectivity index (χ3n) is 6.52. The van der Waals surface area contributed by atoms with Crippen molar-refractivity contribution in [1.82, 2.24) is 4.90 Å². The minimum absolute atomic E-state index is 0.0654. The first-order valence-electron chi connectivity index (χ1n) is 12.2. The molecule has 6 nitrogen and oxygen atoms in total. The minimum atomic E-state index is -0.989. The fourth-order valence-electron chi connectivity index (χ4n) is 4.65. The molecule has 188 valence electrons. The molecule has 0 spiro atoms. The normalized spacial score (nSPS) is 17.7. The van der Waals surface area contributed by atoms with Gasteiger partial charge in [-0.05, 0) is 41.4 Å². The van der Waals surface area contributed by atoms with Crippen LogP contribution in [-0.2, 0) is 22.0 Å². The van der Waals surface area contributed by atoms with E-state index in [0.717, 1.165) is 29.5 Å². The number of aromatic hydroxyl groups is 1. The van der Waals surface area contributed by atoms with Gasteiger partial charge in [0.05, 0.1) is 6.54 Å². The SMILES string of the molecule is CC(C)(C)c1cc(C(=O)CN2CC[C@@H](Cc3ccccc3)/C2=N\CC(=O)O)cc(C(C)(C)C)c1O. The number of rotatable bonds is 7. The van der Waals surface area contributed by atoms with Crippen LogP contribution in [-0.4, -0.2) is 52.3 Å². The summed E-state index contributed by atoms with van der Waals surface area (Å²) in [5, 5.41) is 20.2. The van der Waals surface area contributed by atoms with Gasteiger partial charge in [-0.2, -0.15) is 0 Å². The number of aliphatic imine (C=N–C) groups is 1. The van der Waals surface area contributed by atoms with Crippen LogP contribution in [0.2, 0.25) is 0 Å². The van der Waals surface area contributed by atoms with Crippen molar-refractivity contribution in [2.24, 2.45) is 10.9 Å². The number of Topliss-reactive ketones (excluding diaryl/α,β-unsaturated/α-hetero) is 1. The van der Waals surface area contributed by atoms with Crippen LogP contribution < -0.4 is 0 Å². The predicted molar refractivity (Wildman–Crippen MR) is 140 cm³/mol. The second-order valence-electron chi connectivity index (χ2n) is 11.5. The van der Waals surface area contributed by atoms with Crippen molar-refractivity contribution >= 4 is 17.6 Å². The molecular formula is C29H38N2O4. The Balaban J connectivity index is 1.91. The van der Waals surface area contributed by atoms with E-state index in [0.29, 0.717) is 17.9 Å². The van der Waals surface area contributed by atoms with Gasteiger partial charge in [-0.15, -0.1) is 0 Å². The van der Waals surface area contributed by atoms with Crippen molar-refractivity contribution in [3.05, 3.63) is 64.7 Å². The van der Waals surface area contributed by atoms with Crippen molar-refractivity contribution in [3.63, 3.8) is 0 Å². The molecule has 1 aliphatic rings. The van der Waals surface area contributed by atoms with Crippen LogP contribution in [0.4, 0.5) is 0 Å². The van der Waals surface area contributed by atoms with Gasteiger partial charge in [0, 0.05) is 29.2 Å². The van der Waals surface area contributed by atoms with Crippen LogP contribution >= 0.6 is 0 Å².